The van der Waals surface area contributed by atoms with E-state index in [4.69, 9.17) is 5.11 Å². The van der Waals surface area contributed by atoms with Gasteiger partial charge in [-0.15, -0.1) is 0 Å². The standard InChI is InChI=1S/C10H11NO2/c12-7-2-1-4-9-5-3-6-10(8-13)11-9/h1,3-7,13H,2,8H2. The molecule has 1 N–H and O–H groups in total. The summed E-state index contributed by atoms with van der Waals surface area (Å²) >= 11 is 0. The van der Waals surface area contributed by atoms with Crippen LogP contribution in [0.5, 0.6) is 0 Å². The zero-order valence-corrected chi connectivity index (χ0v) is 7.18. The van der Waals surface area contributed by atoms with E-state index in [1.165, 1.54) is 0 Å². The lowest BCUT2D eigenvalue weighted by atomic mass is 10.3. The van der Waals surface area contributed by atoms with Gasteiger partial charge in [-0.2, -0.15) is 0 Å². The van der Waals surface area contributed by atoms with Gasteiger partial charge in [0, 0.05) is 6.42 Å². The van der Waals surface area contributed by atoms with Crippen molar-refractivity contribution in [1.82, 2.24) is 4.98 Å². The Balaban J connectivity index is 2.71. The van der Waals surface area contributed by atoms with Crippen molar-refractivity contribution in [1.29, 1.82) is 0 Å². The minimum atomic E-state index is -0.0602. The molecule has 0 aliphatic rings. The Hall–Kier alpha value is -1.48. The fourth-order valence-electron chi connectivity index (χ4n) is 0.923. The summed E-state index contributed by atoms with van der Waals surface area (Å²) in [6.07, 6.45) is 4.71. The Labute approximate surface area is 76.7 Å². The van der Waals surface area contributed by atoms with E-state index in [1.54, 1.807) is 18.2 Å². The molecule has 0 atom stereocenters. The van der Waals surface area contributed by atoms with Gasteiger partial charge < -0.3 is 9.90 Å². The lowest BCUT2D eigenvalue weighted by Crippen LogP contribution is -1.89. The monoisotopic (exact) mass is 177 g/mol. The first kappa shape index (κ1) is 9.61. The van der Waals surface area contributed by atoms with Crippen molar-refractivity contribution in [3.05, 3.63) is 35.7 Å². The summed E-state index contributed by atoms with van der Waals surface area (Å²) in [4.78, 5) is 14.1. The molecule has 0 radical (unpaired) electrons. The normalized spacial score (nSPS) is 10.5. The number of allylic oxidation sites excluding steroid dienone is 1. The summed E-state index contributed by atoms with van der Waals surface area (Å²) in [6, 6.07) is 5.39. The summed E-state index contributed by atoms with van der Waals surface area (Å²) in [6.45, 7) is -0.0602. The van der Waals surface area contributed by atoms with Gasteiger partial charge in [0.05, 0.1) is 18.0 Å². The molecule has 1 aromatic rings. The Kier molecular flexibility index (Phi) is 3.85. The number of carbonyl (C=O) groups is 1. The van der Waals surface area contributed by atoms with Gasteiger partial charge >= 0.3 is 0 Å². The molecule has 0 spiro atoms. The molecule has 13 heavy (non-hydrogen) atoms. The Bertz CT molecular complexity index is 308. The highest BCUT2D eigenvalue weighted by molar-refractivity contribution is 5.56. The molecule has 0 amide bonds. The second kappa shape index (κ2) is 5.22. The molecule has 1 heterocycles. The van der Waals surface area contributed by atoms with Gasteiger partial charge in [-0.05, 0) is 18.2 Å². The average Bonchev–Trinajstić information content (AvgIpc) is 2.19. The molecule has 0 aromatic carbocycles. The predicted octanol–water partition coefficient (Wildman–Crippen LogP) is 1.18. The lowest BCUT2D eigenvalue weighted by molar-refractivity contribution is -0.107. The molecule has 0 saturated heterocycles. The fraction of sp³-hybridized carbons (Fsp3) is 0.200. The second-order valence-corrected chi connectivity index (χ2v) is 2.52. The Morgan fingerprint density at radius 1 is 1.46 bits per heavy atom. The third-order valence-electron chi connectivity index (χ3n) is 1.51. The molecule has 0 unspecified atom stereocenters. The zero-order valence-electron chi connectivity index (χ0n) is 7.18. The van der Waals surface area contributed by atoms with Crippen molar-refractivity contribution < 1.29 is 9.90 Å². The van der Waals surface area contributed by atoms with Crippen molar-refractivity contribution in [3.8, 4) is 0 Å². The molecule has 0 aliphatic carbocycles. The van der Waals surface area contributed by atoms with Crippen LogP contribution >= 0.6 is 0 Å². The van der Waals surface area contributed by atoms with Gasteiger partial charge in [0.2, 0.25) is 0 Å². The number of aliphatic hydroxyl groups is 1. The van der Waals surface area contributed by atoms with Crippen LogP contribution in [0.1, 0.15) is 17.8 Å². The van der Waals surface area contributed by atoms with Crippen molar-refractivity contribution in [3.63, 3.8) is 0 Å². The average molecular weight is 177 g/mol. The van der Waals surface area contributed by atoms with Crippen LogP contribution in [-0.4, -0.2) is 16.4 Å². The van der Waals surface area contributed by atoms with Crippen LogP contribution in [-0.2, 0) is 11.4 Å². The van der Waals surface area contributed by atoms with E-state index in [0.717, 1.165) is 12.0 Å². The maximum Gasteiger partial charge on any atom is 0.123 e. The molecule has 3 nitrogen and oxygen atoms in total. The van der Waals surface area contributed by atoms with E-state index in [0.29, 0.717) is 12.1 Å². The molecular weight excluding hydrogens is 166 g/mol. The van der Waals surface area contributed by atoms with Gasteiger partial charge in [-0.25, -0.2) is 0 Å². The number of rotatable bonds is 4. The predicted molar refractivity (Wildman–Crippen MR) is 49.9 cm³/mol. The summed E-state index contributed by atoms with van der Waals surface area (Å²) < 4.78 is 0. The van der Waals surface area contributed by atoms with Gasteiger partial charge in [0.25, 0.3) is 0 Å². The van der Waals surface area contributed by atoms with E-state index < -0.39 is 0 Å². The van der Waals surface area contributed by atoms with E-state index >= 15 is 0 Å². The van der Waals surface area contributed by atoms with Gasteiger partial charge in [-0.3, -0.25) is 4.98 Å². The quantitative estimate of drug-likeness (QED) is 0.702. The molecule has 1 aromatic heterocycles. The summed E-state index contributed by atoms with van der Waals surface area (Å²) in [7, 11) is 0. The van der Waals surface area contributed by atoms with Gasteiger partial charge in [0.1, 0.15) is 6.29 Å². The zero-order chi connectivity index (χ0) is 9.52. The number of aldehydes is 1. The maximum absolute atomic E-state index is 10.0. The molecule has 1 rings (SSSR count). The smallest absolute Gasteiger partial charge is 0.123 e. The van der Waals surface area contributed by atoms with Crippen molar-refractivity contribution in [2.24, 2.45) is 0 Å². The second-order valence-electron chi connectivity index (χ2n) is 2.52. The van der Waals surface area contributed by atoms with Crippen LogP contribution in [0, 0.1) is 0 Å². The van der Waals surface area contributed by atoms with Crippen molar-refractivity contribution >= 4 is 12.4 Å². The first-order valence-corrected chi connectivity index (χ1v) is 4.04. The largest absolute Gasteiger partial charge is 0.390 e. The number of hydrogen-bond acceptors (Lipinski definition) is 3. The highest BCUT2D eigenvalue weighted by Crippen LogP contribution is 2.01. The molecule has 0 fully saturated rings. The highest BCUT2D eigenvalue weighted by Gasteiger charge is 1.91. The number of hydrogen-bond donors (Lipinski definition) is 1. The Morgan fingerprint density at radius 2 is 2.31 bits per heavy atom. The fourth-order valence-corrected chi connectivity index (χ4v) is 0.923. The van der Waals surface area contributed by atoms with Crippen LogP contribution < -0.4 is 0 Å². The molecular formula is C10H11NO2. The number of nitrogens with zero attached hydrogens (tertiary/aromatic N) is 1. The minimum Gasteiger partial charge on any atom is -0.390 e. The number of pyridine rings is 1. The first-order valence-electron chi connectivity index (χ1n) is 4.04. The number of aliphatic hydroxyl groups excluding tert-OH is 1. The van der Waals surface area contributed by atoms with Crippen LogP contribution in [0.4, 0.5) is 0 Å². The number of carbonyl (C=O) groups excluding carboxylic acids is 1. The van der Waals surface area contributed by atoms with Crippen molar-refractivity contribution in [2.45, 2.75) is 13.0 Å². The summed E-state index contributed by atoms with van der Waals surface area (Å²) in [5.41, 5.74) is 1.39. The molecule has 3 heteroatoms. The molecule has 0 aliphatic heterocycles. The third-order valence-corrected chi connectivity index (χ3v) is 1.51. The van der Waals surface area contributed by atoms with Crippen LogP contribution in [0.15, 0.2) is 24.3 Å². The summed E-state index contributed by atoms with van der Waals surface area (Å²) in [5.74, 6) is 0. The van der Waals surface area contributed by atoms with Crippen LogP contribution in [0.2, 0.25) is 0 Å². The molecule has 0 bridgehead atoms. The summed E-state index contributed by atoms with van der Waals surface area (Å²) in [5, 5.41) is 8.79. The molecule has 0 saturated carbocycles. The lowest BCUT2D eigenvalue weighted by Gasteiger charge is -1.96. The SMILES string of the molecule is O=CCC=Cc1cccc(CO)n1. The van der Waals surface area contributed by atoms with E-state index in [1.807, 2.05) is 12.1 Å². The topological polar surface area (TPSA) is 50.2 Å². The maximum atomic E-state index is 10.0. The van der Waals surface area contributed by atoms with Gasteiger partial charge in [-0.1, -0.05) is 12.1 Å². The van der Waals surface area contributed by atoms with Crippen molar-refractivity contribution in [2.75, 3.05) is 0 Å². The third kappa shape index (κ3) is 3.17. The highest BCUT2D eigenvalue weighted by atomic mass is 16.3. The van der Waals surface area contributed by atoms with Gasteiger partial charge in [0.15, 0.2) is 0 Å². The molecule has 68 valence electrons. The first-order chi connectivity index (χ1) is 6.36. The van der Waals surface area contributed by atoms with Crippen LogP contribution in [0.3, 0.4) is 0 Å². The van der Waals surface area contributed by atoms with Crippen LogP contribution in [0.25, 0.3) is 6.08 Å². The van der Waals surface area contributed by atoms with E-state index in [-0.39, 0.29) is 6.61 Å². The minimum absolute atomic E-state index is 0.0602. The number of aromatic nitrogens is 1. The van der Waals surface area contributed by atoms with E-state index in [9.17, 15) is 4.79 Å². The van der Waals surface area contributed by atoms with E-state index in [2.05, 4.69) is 4.98 Å². The Morgan fingerprint density at radius 3 is 3.00 bits per heavy atom.